The van der Waals surface area contributed by atoms with Crippen LogP contribution in [0.3, 0.4) is 0 Å². The van der Waals surface area contributed by atoms with Crippen molar-refractivity contribution in [3.05, 3.63) is 35.9 Å². The summed E-state index contributed by atoms with van der Waals surface area (Å²) >= 11 is 0. The van der Waals surface area contributed by atoms with Gasteiger partial charge in [-0.05, 0) is 44.1 Å². The third kappa shape index (κ3) is 2.80. The van der Waals surface area contributed by atoms with E-state index in [1.165, 1.54) is 0 Å². The van der Waals surface area contributed by atoms with Gasteiger partial charge in [-0.15, -0.1) is 0 Å². The van der Waals surface area contributed by atoms with Crippen LogP contribution in [-0.2, 0) is 16.1 Å². The van der Waals surface area contributed by atoms with Gasteiger partial charge in [0.1, 0.15) is 6.61 Å². The lowest BCUT2D eigenvalue weighted by Gasteiger charge is -2.54. The van der Waals surface area contributed by atoms with Gasteiger partial charge in [-0.25, -0.2) is 4.79 Å². The van der Waals surface area contributed by atoms with Crippen LogP contribution in [0, 0.1) is 5.41 Å². The van der Waals surface area contributed by atoms with Crippen molar-refractivity contribution >= 4 is 12.1 Å². The summed E-state index contributed by atoms with van der Waals surface area (Å²) in [5, 5.41) is 9.45. The van der Waals surface area contributed by atoms with Crippen molar-refractivity contribution < 1.29 is 19.4 Å². The predicted octanol–water partition coefficient (Wildman–Crippen LogP) is 3.43. The van der Waals surface area contributed by atoms with Gasteiger partial charge in [-0.3, -0.25) is 4.79 Å². The Labute approximate surface area is 136 Å². The largest absolute Gasteiger partial charge is 0.481 e. The summed E-state index contributed by atoms with van der Waals surface area (Å²) in [4.78, 5) is 25.6. The Morgan fingerprint density at radius 1 is 1.09 bits per heavy atom. The summed E-state index contributed by atoms with van der Waals surface area (Å²) in [7, 11) is 1.78. The molecule has 3 aliphatic rings. The molecule has 5 nitrogen and oxygen atoms in total. The van der Waals surface area contributed by atoms with E-state index in [1.807, 2.05) is 30.3 Å². The lowest BCUT2D eigenvalue weighted by atomic mass is 9.57. The highest BCUT2D eigenvalue weighted by Gasteiger charge is 2.55. The van der Waals surface area contributed by atoms with Crippen LogP contribution < -0.4 is 0 Å². The smallest absolute Gasteiger partial charge is 0.410 e. The number of carboxylic acid groups (broad SMARTS) is 1. The lowest BCUT2D eigenvalue weighted by molar-refractivity contribution is -0.159. The Balaban J connectivity index is 1.61. The highest BCUT2D eigenvalue weighted by atomic mass is 16.6. The van der Waals surface area contributed by atoms with E-state index in [1.54, 1.807) is 11.9 Å². The molecule has 5 heteroatoms. The van der Waals surface area contributed by atoms with E-state index < -0.39 is 11.4 Å². The van der Waals surface area contributed by atoms with E-state index >= 15 is 0 Å². The van der Waals surface area contributed by atoms with Crippen molar-refractivity contribution in [1.29, 1.82) is 0 Å². The van der Waals surface area contributed by atoms with Crippen LogP contribution in [0.4, 0.5) is 4.79 Å². The Hall–Kier alpha value is -2.04. The second kappa shape index (κ2) is 5.87. The number of ether oxygens (including phenoxy) is 1. The number of amides is 1. The molecule has 1 amide bonds. The van der Waals surface area contributed by atoms with Crippen LogP contribution in [0.2, 0.25) is 0 Å². The number of fused-ring (bicyclic) bond motifs is 3. The van der Waals surface area contributed by atoms with Gasteiger partial charge in [0.15, 0.2) is 0 Å². The number of hydrogen-bond donors (Lipinski definition) is 1. The molecule has 0 atom stereocenters. The molecule has 1 N–H and O–H groups in total. The van der Waals surface area contributed by atoms with Crippen molar-refractivity contribution in [1.82, 2.24) is 4.90 Å². The Morgan fingerprint density at radius 2 is 1.65 bits per heavy atom. The van der Waals surface area contributed by atoms with Gasteiger partial charge in [0, 0.05) is 12.6 Å². The normalized spacial score (nSPS) is 29.1. The molecule has 3 saturated carbocycles. The molecule has 0 aromatic heterocycles. The fourth-order valence-electron chi connectivity index (χ4n) is 4.00. The average molecular weight is 317 g/mol. The first kappa shape index (κ1) is 15.8. The highest BCUT2D eigenvalue weighted by Crippen LogP contribution is 2.54. The predicted molar refractivity (Wildman–Crippen MR) is 84.9 cm³/mol. The van der Waals surface area contributed by atoms with E-state index in [9.17, 15) is 14.7 Å². The standard InChI is InChI=1S/C18H23NO4/c1-19(16(22)23-13-14-5-3-2-4-6-14)18-10-7-17(8-11-18,9-12-18)15(20)21/h2-6H,7-13H2,1H3,(H,20,21). The molecule has 124 valence electrons. The molecule has 2 bridgehead atoms. The zero-order valence-corrected chi connectivity index (χ0v) is 13.5. The molecule has 3 aliphatic carbocycles. The Bertz CT molecular complexity index is 574. The fraction of sp³-hybridized carbons (Fsp3) is 0.556. The third-order valence-corrected chi connectivity index (χ3v) is 5.85. The number of carboxylic acids is 1. The van der Waals surface area contributed by atoms with E-state index in [0.717, 1.165) is 24.8 Å². The molecule has 3 fully saturated rings. The zero-order valence-electron chi connectivity index (χ0n) is 13.5. The van der Waals surface area contributed by atoms with E-state index in [-0.39, 0.29) is 18.2 Å². The number of rotatable bonds is 4. The van der Waals surface area contributed by atoms with Gasteiger partial charge in [0.25, 0.3) is 0 Å². The molecule has 0 radical (unpaired) electrons. The summed E-state index contributed by atoms with van der Waals surface area (Å²) in [6, 6.07) is 9.61. The minimum Gasteiger partial charge on any atom is -0.481 e. The van der Waals surface area contributed by atoms with Crippen molar-refractivity contribution in [2.75, 3.05) is 7.05 Å². The van der Waals surface area contributed by atoms with Crippen molar-refractivity contribution in [2.24, 2.45) is 5.41 Å². The number of benzene rings is 1. The maximum absolute atomic E-state index is 12.4. The maximum atomic E-state index is 12.4. The van der Waals surface area contributed by atoms with Gasteiger partial charge in [-0.2, -0.15) is 0 Å². The SMILES string of the molecule is CN(C(=O)OCc1ccccc1)C12CCC(C(=O)O)(CC1)CC2. The average Bonchev–Trinajstić information content (AvgIpc) is 2.61. The molecule has 0 aliphatic heterocycles. The molecule has 0 unspecified atom stereocenters. The van der Waals surface area contributed by atoms with Crippen LogP contribution in [0.1, 0.15) is 44.1 Å². The molecular formula is C18H23NO4. The highest BCUT2D eigenvalue weighted by molar-refractivity contribution is 5.75. The zero-order chi connectivity index (χ0) is 16.5. The number of carbonyl (C=O) groups excluding carboxylic acids is 1. The van der Waals surface area contributed by atoms with Crippen molar-refractivity contribution in [3.63, 3.8) is 0 Å². The minimum absolute atomic E-state index is 0.231. The summed E-state index contributed by atoms with van der Waals surface area (Å²) in [6.45, 7) is 0.263. The van der Waals surface area contributed by atoms with Gasteiger partial charge in [0.05, 0.1) is 5.41 Å². The molecular weight excluding hydrogens is 294 g/mol. The van der Waals surface area contributed by atoms with E-state index in [2.05, 4.69) is 0 Å². The second-order valence-corrected chi connectivity index (χ2v) is 6.91. The molecule has 0 spiro atoms. The summed E-state index contributed by atoms with van der Waals surface area (Å²) in [5.41, 5.74) is 0.172. The minimum atomic E-state index is -0.680. The molecule has 4 rings (SSSR count). The second-order valence-electron chi connectivity index (χ2n) is 6.91. The maximum Gasteiger partial charge on any atom is 0.410 e. The fourth-order valence-corrected chi connectivity index (χ4v) is 4.00. The molecule has 0 saturated heterocycles. The Kier molecular flexibility index (Phi) is 4.04. The Morgan fingerprint density at radius 3 is 2.17 bits per heavy atom. The van der Waals surface area contributed by atoms with Crippen molar-refractivity contribution in [2.45, 2.75) is 50.7 Å². The van der Waals surface area contributed by atoms with Crippen LogP contribution in [0.5, 0.6) is 0 Å². The number of aliphatic carboxylic acids is 1. The topological polar surface area (TPSA) is 66.8 Å². The number of hydrogen-bond acceptors (Lipinski definition) is 3. The van der Waals surface area contributed by atoms with Gasteiger partial charge < -0.3 is 14.7 Å². The van der Waals surface area contributed by atoms with Crippen LogP contribution in [0.15, 0.2) is 30.3 Å². The van der Waals surface area contributed by atoms with Crippen LogP contribution >= 0.6 is 0 Å². The molecule has 0 heterocycles. The van der Waals surface area contributed by atoms with Gasteiger partial charge in [-0.1, -0.05) is 30.3 Å². The van der Waals surface area contributed by atoms with Gasteiger partial charge in [0.2, 0.25) is 0 Å². The lowest BCUT2D eigenvalue weighted by Crippen LogP contribution is -2.58. The van der Waals surface area contributed by atoms with E-state index in [4.69, 9.17) is 4.74 Å². The third-order valence-electron chi connectivity index (χ3n) is 5.85. The van der Waals surface area contributed by atoms with E-state index in [0.29, 0.717) is 19.3 Å². The van der Waals surface area contributed by atoms with Crippen molar-refractivity contribution in [3.8, 4) is 0 Å². The van der Waals surface area contributed by atoms with Crippen LogP contribution in [0.25, 0.3) is 0 Å². The molecule has 1 aromatic rings. The number of carbonyl (C=O) groups is 2. The first-order valence-electron chi connectivity index (χ1n) is 8.15. The van der Waals surface area contributed by atoms with Gasteiger partial charge >= 0.3 is 12.1 Å². The first-order chi connectivity index (χ1) is 11.0. The summed E-state index contributed by atoms with van der Waals surface area (Å²) in [5.74, 6) is -0.680. The first-order valence-corrected chi connectivity index (χ1v) is 8.15. The summed E-state index contributed by atoms with van der Waals surface area (Å²) in [6.07, 6.45) is 3.87. The number of nitrogens with zero attached hydrogens (tertiary/aromatic N) is 1. The molecule has 1 aromatic carbocycles. The van der Waals surface area contributed by atoms with Crippen LogP contribution in [-0.4, -0.2) is 34.7 Å². The monoisotopic (exact) mass is 317 g/mol. The summed E-state index contributed by atoms with van der Waals surface area (Å²) < 4.78 is 5.43. The molecule has 23 heavy (non-hydrogen) atoms. The quantitative estimate of drug-likeness (QED) is 0.924.